The van der Waals surface area contributed by atoms with Crippen molar-refractivity contribution in [3.05, 3.63) is 64.6 Å². The summed E-state index contributed by atoms with van der Waals surface area (Å²) in [4.78, 5) is 18.7. The summed E-state index contributed by atoms with van der Waals surface area (Å²) >= 11 is 6.22. The molecule has 29 heavy (non-hydrogen) atoms. The highest BCUT2D eigenvalue weighted by Gasteiger charge is 2.31. The first-order chi connectivity index (χ1) is 14.0. The SMILES string of the molecule is COc1ccc(OC)c2c1CN(C(=O)/C=C/c1c(Cl)nc3ccccn13)CC2O. The van der Waals surface area contributed by atoms with E-state index in [9.17, 15) is 9.90 Å². The maximum absolute atomic E-state index is 12.8. The molecule has 0 bridgehead atoms. The molecular formula is C21H20ClN3O4. The number of aromatic nitrogens is 2. The number of β-amino-alcohol motifs (C(OH)–C–C–N with tert-alkyl or cyclic N) is 1. The van der Waals surface area contributed by atoms with Crippen molar-refractivity contribution in [1.82, 2.24) is 14.3 Å². The molecule has 150 valence electrons. The number of hydrogen-bond donors (Lipinski definition) is 1. The largest absolute Gasteiger partial charge is 0.496 e. The second-order valence-electron chi connectivity index (χ2n) is 6.65. The summed E-state index contributed by atoms with van der Waals surface area (Å²) in [6.45, 7) is 0.456. The zero-order valence-corrected chi connectivity index (χ0v) is 16.8. The Balaban J connectivity index is 1.62. The Morgan fingerprint density at radius 1 is 1.24 bits per heavy atom. The molecule has 1 amide bonds. The minimum absolute atomic E-state index is 0.153. The third-order valence-corrected chi connectivity index (χ3v) is 5.29. The van der Waals surface area contributed by atoms with Crippen LogP contribution in [0.2, 0.25) is 5.15 Å². The first-order valence-corrected chi connectivity index (χ1v) is 9.42. The van der Waals surface area contributed by atoms with E-state index in [2.05, 4.69) is 4.98 Å². The number of nitrogens with zero attached hydrogens (tertiary/aromatic N) is 3. The topological polar surface area (TPSA) is 76.3 Å². The maximum Gasteiger partial charge on any atom is 0.247 e. The summed E-state index contributed by atoms with van der Waals surface area (Å²) in [6, 6.07) is 9.09. The third kappa shape index (κ3) is 3.43. The molecule has 4 rings (SSSR count). The van der Waals surface area contributed by atoms with Crippen LogP contribution < -0.4 is 9.47 Å². The lowest BCUT2D eigenvalue weighted by molar-refractivity contribution is -0.128. The molecule has 1 aromatic carbocycles. The Kier molecular flexibility index (Phi) is 5.17. The highest BCUT2D eigenvalue weighted by molar-refractivity contribution is 6.31. The minimum atomic E-state index is -0.875. The highest BCUT2D eigenvalue weighted by Crippen LogP contribution is 2.39. The molecule has 0 radical (unpaired) electrons. The molecule has 0 aliphatic carbocycles. The van der Waals surface area contributed by atoms with Gasteiger partial charge in [0.1, 0.15) is 23.3 Å². The average Bonchev–Trinajstić information content (AvgIpc) is 3.05. The van der Waals surface area contributed by atoms with Crippen molar-refractivity contribution in [3.8, 4) is 11.5 Å². The number of pyridine rings is 1. The first kappa shape index (κ1) is 19.3. The van der Waals surface area contributed by atoms with E-state index in [1.165, 1.54) is 6.08 Å². The molecule has 2 aromatic heterocycles. The van der Waals surface area contributed by atoms with Gasteiger partial charge in [-0.1, -0.05) is 17.7 Å². The standard InChI is InChI=1S/C21H20ClN3O4/c1-28-16-7-8-17(29-2)20-13(16)11-24(12-15(20)26)19(27)9-6-14-21(22)23-18-5-3-4-10-25(14)18/h3-10,15,26H,11-12H2,1-2H3/b9-6+. The molecule has 1 unspecified atom stereocenters. The average molecular weight is 414 g/mol. The molecule has 3 heterocycles. The van der Waals surface area contributed by atoms with Gasteiger partial charge in [0.25, 0.3) is 0 Å². The van der Waals surface area contributed by atoms with E-state index < -0.39 is 6.10 Å². The van der Waals surface area contributed by atoms with Crippen molar-refractivity contribution in [2.45, 2.75) is 12.6 Å². The van der Waals surface area contributed by atoms with Crippen LogP contribution in [0.5, 0.6) is 11.5 Å². The van der Waals surface area contributed by atoms with Crippen molar-refractivity contribution in [2.75, 3.05) is 20.8 Å². The summed E-state index contributed by atoms with van der Waals surface area (Å²) < 4.78 is 12.6. The van der Waals surface area contributed by atoms with Crippen molar-refractivity contribution in [3.63, 3.8) is 0 Å². The van der Waals surface area contributed by atoms with Crippen LogP contribution in [0.15, 0.2) is 42.6 Å². The molecule has 8 heteroatoms. The Morgan fingerprint density at radius 3 is 2.76 bits per heavy atom. The smallest absolute Gasteiger partial charge is 0.247 e. The van der Waals surface area contributed by atoms with Gasteiger partial charge in [0.15, 0.2) is 5.15 Å². The number of rotatable bonds is 4. The predicted octanol–water partition coefficient (Wildman–Crippen LogP) is 3.09. The van der Waals surface area contributed by atoms with Crippen molar-refractivity contribution in [2.24, 2.45) is 0 Å². The molecular weight excluding hydrogens is 394 g/mol. The monoisotopic (exact) mass is 413 g/mol. The number of halogens is 1. The van der Waals surface area contributed by atoms with Gasteiger partial charge in [0, 0.05) is 23.4 Å². The lowest BCUT2D eigenvalue weighted by Gasteiger charge is -2.33. The van der Waals surface area contributed by atoms with E-state index in [-0.39, 0.29) is 12.5 Å². The number of amides is 1. The molecule has 7 nitrogen and oxygen atoms in total. The van der Waals surface area contributed by atoms with Crippen LogP contribution in [-0.2, 0) is 11.3 Å². The van der Waals surface area contributed by atoms with Crippen molar-refractivity contribution >= 4 is 29.2 Å². The zero-order chi connectivity index (χ0) is 20.5. The number of carbonyl (C=O) groups excluding carboxylic acids is 1. The van der Waals surface area contributed by atoms with Gasteiger partial charge in [0.2, 0.25) is 5.91 Å². The summed E-state index contributed by atoms with van der Waals surface area (Å²) in [5, 5.41) is 11.0. The Hall–Kier alpha value is -3.03. The fourth-order valence-electron chi connectivity index (χ4n) is 3.64. The fraction of sp³-hybridized carbons (Fsp3) is 0.238. The summed E-state index contributed by atoms with van der Waals surface area (Å²) in [5.74, 6) is 0.932. The molecule has 3 aromatic rings. The molecule has 0 fully saturated rings. The number of ether oxygens (including phenoxy) is 2. The van der Waals surface area contributed by atoms with E-state index >= 15 is 0 Å². The van der Waals surface area contributed by atoms with Crippen LogP contribution in [0.3, 0.4) is 0 Å². The van der Waals surface area contributed by atoms with Gasteiger partial charge in [0.05, 0.1) is 33.0 Å². The predicted molar refractivity (Wildman–Crippen MR) is 109 cm³/mol. The van der Waals surface area contributed by atoms with Crippen LogP contribution in [0.1, 0.15) is 22.9 Å². The number of benzene rings is 1. The summed E-state index contributed by atoms with van der Waals surface area (Å²) in [5.41, 5.74) is 2.71. The van der Waals surface area contributed by atoms with Gasteiger partial charge in [-0.2, -0.15) is 0 Å². The molecule has 1 aliphatic rings. The lowest BCUT2D eigenvalue weighted by Crippen LogP contribution is -2.37. The van der Waals surface area contributed by atoms with Crippen LogP contribution in [-0.4, -0.2) is 46.1 Å². The lowest BCUT2D eigenvalue weighted by atomic mass is 9.95. The van der Waals surface area contributed by atoms with E-state index in [1.54, 1.807) is 41.7 Å². The van der Waals surface area contributed by atoms with Gasteiger partial charge in [-0.05, 0) is 30.3 Å². The summed E-state index contributed by atoms with van der Waals surface area (Å²) in [6.07, 6.45) is 4.03. The number of aliphatic hydroxyl groups is 1. The van der Waals surface area contributed by atoms with Crippen molar-refractivity contribution in [1.29, 1.82) is 0 Å². The van der Waals surface area contributed by atoms with Gasteiger partial charge in [-0.25, -0.2) is 4.98 Å². The Bertz CT molecular complexity index is 1110. The van der Waals surface area contributed by atoms with E-state index in [0.29, 0.717) is 40.1 Å². The number of carbonyl (C=O) groups is 1. The fourth-order valence-corrected chi connectivity index (χ4v) is 3.88. The van der Waals surface area contributed by atoms with Gasteiger partial charge in [-0.3, -0.25) is 9.20 Å². The molecule has 1 aliphatic heterocycles. The second-order valence-corrected chi connectivity index (χ2v) is 7.00. The molecule has 1 atom stereocenters. The minimum Gasteiger partial charge on any atom is -0.496 e. The maximum atomic E-state index is 12.8. The van der Waals surface area contributed by atoms with Crippen LogP contribution >= 0.6 is 11.6 Å². The zero-order valence-electron chi connectivity index (χ0n) is 16.0. The number of hydrogen-bond acceptors (Lipinski definition) is 5. The third-order valence-electron chi connectivity index (χ3n) is 5.01. The number of methoxy groups -OCH3 is 2. The second kappa shape index (κ2) is 7.77. The molecule has 0 spiro atoms. The Labute approximate surface area is 172 Å². The van der Waals surface area contributed by atoms with Gasteiger partial charge >= 0.3 is 0 Å². The van der Waals surface area contributed by atoms with Crippen LogP contribution in [0, 0.1) is 0 Å². The highest BCUT2D eigenvalue weighted by atomic mass is 35.5. The number of fused-ring (bicyclic) bond motifs is 2. The van der Waals surface area contributed by atoms with E-state index in [1.807, 2.05) is 24.4 Å². The summed E-state index contributed by atoms with van der Waals surface area (Å²) in [7, 11) is 3.11. The normalized spacial score (nSPS) is 16.3. The van der Waals surface area contributed by atoms with E-state index in [4.69, 9.17) is 21.1 Å². The molecule has 1 N–H and O–H groups in total. The first-order valence-electron chi connectivity index (χ1n) is 9.05. The number of aliphatic hydroxyl groups excluding tert-OH is 1. The van der Waals surface area contributed by atoms with Crippen LogP contribution in [0.25, 0.3) is 11.7 Å². The quantitative estimate of drug-likeness (QED) is 0.665. The van der Waals surface area contributed by atoms with Crippen LogP contribution in [0.4, 0.5) is 0 Å². The van der Waals surface area contributed by atoms with Gasteiger partial charge < -0.3 is 19.5 Å². The molecule has 0 saturated carbocycles. The number of imidazole rings is 1. The van der Waals surface area contributed by atoms with Crippen molar-refractivity contribution < 1.29 is 19.4 Å². The van der Waals surface area contributed by atoms with E-state index in [0.717, 1.165) is 5.56 Å². The van der Waals surface area contributed by atoms with Gasteiger partial charge in [-0.15, -0.1) is 0 Å². The Morgan fingerprint density at radius 2 is 2.00 bits per heavy atom. The molecule has 0 saturated heterocycles.